The smallest absolute Gasteiger partial charge is 0.142 e. The molecule has 0 fully saturated rings. The Morgan fingerprint density at radius 3 is 2.78 bits per heavy atom. The fourth-order valence-corrected chi connectivity index (χ4v) is 1.52. The first-order valence-electron chi connectivity index (χ1n) is 5.64. The molecule has 2 aromatic rings. The van der Waals surface area contributed by atoms with Gasteiger partial charge in [-0.15, -0.1) is 0 Å². The van der Waals surface area contributed by atoms with Gasteiger partial charge in [-0.2, -0.15) is 0 Å². The zero-order chi connectivity index (χ0) is 12.8. The van der Waals surface area contributed by atoms with Crippen molar-refractivity contribution >= 4 is 6.21 Å². The normalized spacial score (nSPS) is 10.8. The maximum atomic E-state index is 12.9. The van der Waals surface area contributed by atoms with E-state index in [1.54, 1.807) is 12.1 Å². The molecule has 0 aromatic heterocycles. The molecular formula is C15H13FNO. The predicted octanol–water partition coefficient (Wildman–Crippen LogP) is 3.56. The van der Waals surface area contributed by atoms with Crippen LogP contribution in [0.4, 0.5) is 4.39 Å². The van der Waals surface area contributed by atoms with Crippen molar-refractivity contribution in [1.29, 1.82) is 0 Å². The minimum absolute atomic E-state index is 0.311. The average molecular weight is 242 g/mol. The lowest BCUT2D eigenvalue weighted by Crippen LogP contribution is -1.91. The molecule has 2 aromatic carbocycles. The Labute approximate surface area is 106 Å². The van der Waals surface area contributed by atoms with Crippen LogP contribution in [0.25, 0.3) is 0 Å². The van der Waals surface area contributed by atoms with Gasteiger partial charge in [0.1, 0.15) is 18.6 Å². The summed E-state index contributed by atoms with van der Waals surface area (Å²) >= 11 is 0. The third kappa shape index (κ3) is 3.42. The highest BCUT2D eigenvalue weighted by Gasteiger charge is 1.96. The first-order valence-corrected chi connectivity index (χ1v) is 5.64. The molecule has 18 heavy (non-hydrogen) atoms. The van der Waals surface area contributed by atoms with E-state index in [1.165, 1.54) is 12.1 Å². The van der Waals surface area contributed by atoms with Crippen LogP contribution in [0.1, 0.15) is 16.7 Å². The minimum atomic E-state index is -0.311. The maximum Gasteiger partial charge on any atom is 0.142 e. The van der Waals surface area contributed by atoms with Crippen molar-refractivity contribution in [2.24, 2.45) is 5.16 Å². The molecule has 1 radical (unpaired) electrons. The number of hydrogen-bond acceptors (Lipinski definition) is 2. The second-order valence-electron chi connectivity index (χ2n) is 3.91. The summed E-state index contributed by atoms with van der Waals surface area (Å²) in [5, 5.41) is 3.70. The first kappa shape index (κ1) is 12.3. The molecular weight excluding hydrogens is 229 g/mol. The number of rotatable bonds is 4. The van der Waals surface area contributed by atoms with Crippen LogP contribution < -0.4 is 0 Å². The van der Waals surface area contributed by atoms with Gasteiger partial charge in [0.15, 0.2) is 0 Å². The van der Waals surface area contributed by atoms with Crippen molar-refractivity contribution in [3.63, 3.8) is 0 Å². The van der Waals surface area contributed by atoms with Crippen LogP contribution in [0.3, 0.4) is 0 Å². The van der Waals surface area contributed by atoms with Crippen molar-refractivity contribution in [3.8, 4) is 0 Å². The summed E-state index contributed by atoms with van der Waals surface area (Å²) in [5.41, 5.74) is 2.78. The van der Waals surface area contributed by atoms with E-state index in [0.717, 1.165) is 11.1 Å². The molecule has 3 heteroatoms. The quantitative estimate of drug-likeness (QED) is 0.593. The topological polar surface area (TPSA) is 21.6 Å². The van der Waals surface area contributed by atoms with Crippen molar-refractivity contribution in [3.05, 3.63) is 71.0 Å². The number of aryl methyl sites for hydroxylation is 1. The maximum absolute atomic E-state index is 12.9. The summed E-state index contributed by atoms with van der Waals surface area (Å²) < 4.78 is 12.9. The molecule has 0 aliphatic heterocycles. The molecule has 0 saturated heterocycles. The fraction of sp³-hybridized carbons (Fsp3) is 0.133. The van der Waals surface area contributed by atoms with Crippen molar-refractivity contribution in [1.82, 2.24) is 0 Å². The van der Waals surface area contributed by atoms with Crippen molar-refractivity contribution < 1.29 is 9.23 Å². The van der Waals surface area contributed by atoms with Crippen LogP contribution in [0.15, 0.2) is 53.7 Å². The Balaban J connectivity index is 1.91. The largest absolute Gasteiger partial charge is 0.390 e. The van der Waals surface area contributed by atoms with E-state index in [4.69, 9.17) is 4.84 Å². The molecule has 0 unspecified atom stereocenters. The number of nitrogens with zero attached hydrogens (tertiary/aromatic N) is 1. The summed E-state index contributed by atoms with van der Waals surface area (Å²) in [6.45, 7) is 2.40. The Bertz CT molecular complexity index is 552. The van der Waals surface area contributed by atoms with Crippen LogP contribution in [0, 0.1) is 12.7 Å². The highest BCUT2D eigenvalue weighted by molar-refractivity contribution is 5.78. The molecule has 91 valence electrons. The van der Waals surface area contributed by atoms with Gasteiger partial charge in [0.05, 0.1) is 0 Å². The first-order chi connectivity index (χ1) is 8.75. The van der Waals surface area contributed by atoms with Gasteiger partial charge >= 0.3 is 0 Å². The van der Waals surface area contributed by atoms with E-state index in [9.17, 15) is 4.39 Å². The highest BCUT2D eigenvalue weighted by Crippen LogP contribution is 2.08. The van der Waals surface area contributed by atoms with E-state index in [-0.39, 0.29) is 5.82 Å². The van der Waals surface area contributed by atoms with Crippen molar-refractivity contribution in [2.45, 2.75) is 13.5 Å². The Morgan fingerprint density at radius 1 is 1.17 bits per heavy atom. The van der Waals surface area contributed by atoms with Gasteiger partial charge in [-0.3, -0.25) is 0 Å². The molecule has 0 N–H and O–H groups in total. The molecule has 2 nitrogen and oxygen atoms in total. The van der Waals surface area contributed by atoms with Gasteiger partial charge in [0, 0.05) is 5.56 Å². The third-order valence-corrected chi connectivity index (χ3v) is 2.55. The molecule has 0 aliphatic carbocycles. The Hall–Kier alpha value is -2.16. The molecule has 0 heterocycles. The van der Waals surface area contributed by atoms with Crippen LogP contribution >= 0.6 is 0 Å². The van der Waals surface area contributed by atoms with Crippen LogP contribution in [-0.4, -0.2) is 6.21 Å². The summed E-state index contributed by atoms with van der Waals surface area (Å²) in [6, 6.07) is 14.0. The lowest BCUT2D eigenvalue weighted by molar-refractivity contribution is 0.131. The van der Waals surface area contributed by atoms with Gasteiger partial charge in [0.25, 0.3) is 0 Å². The summed E-state index contributed by atoms with van der Waals surface area (Å²) in [7, 11) is 0. The molecule has 0 saturated carbocycles. The van der Waals surface area contributed by atoms with Crippen LogP contribution in [0.2, 0.25) is 0 Å². The summed E-state index contributed by atoms with van der Waals surface area (Å²) in [4.78, 5) is 5.14. The second kappa shape index (κ2) is 5.96. The predicted molar refractivity (Wildman–Crippen MR) is 68.9 cm³/mol. The van der Waals surface area contributed by atoms with E-state index in [2.05, 4.69) is 11.4 Å². The standard InChI is InChI=1S/C15H13FNO/c1-12-5-2-3-7-14(12)11-18-17-10-13-6-4-8-15(16)9-13/h2-9H,11H2,1H3. The summed E-state index contributed by atoms with van der Waals surface area (Å²) in [5.74, 6) is -0.311. The number of benzene rings is 2. The van der Waals surface area contributed by atoms with E-state index < -0.39 is 0 Å². The highest BCUT2D eigenvalue weighted by atomic mass is 19.1. The van der Waals surface area contributed by atoms with Crippen LogP contribution in [-0.2, 0) is 11.4 Å². The third-order valence-electron chi connectivity index (χ3n) is 2.55. The number of hydrogen-bond donors (Lipinski definition) is 0. The Morgan fingerprint density at radius 2 is 2.00 bits per heavy atom. The van der Waals surface area contributed by atoms with Crippen LogP contribution in [0.5, 0.6) is 0 Å². The fourth-order valence-electron chi connectivity index (χ4n) is 1.52. The van der Waals surface area contributed by atoms with Gasteiger partial charge in [0.2, 0.25) is 0 Å². The zero-order valence-corrected chi connectivity index (χ0v) is 10.1. The van der Waals surface area contributed by atoms with Gasteiger partial charge in [-0.05, 0) is 30.2 Å². The van der Waals surface area contributed by atoms with Gasteiger partial charge in [-0.25, -0.2) is 4.39 Å². The van der Waals surface area contributed by atoms with Gasteiger partial charge in [-0.1, -0.05) is 41.6 Å². The monoisotopic (exact) mass is 242 g/mol. The zero-order valence-electron chi connectivity index (χ0n) is 10.1. The molecule has 0 spiro atoms. The lowest BCUT2D eigenvalue weighted by Gasteiger charge is -2.02. The molecule has 0 atom stereocenters. The number of halogens is 1. The average Bonchev–Trinajstić information content (AvgIpc) is 2.37. The summed E-state index contributed by atoms with van der Waals surface area (Å²) in [6.07, 6.45) is 2.64. The van der Waals surface area contributed by atoms with Crippen molar-refractivity contribution in [2.75, 3.05) is 0 Å². The van der Waals surface area contributed by atoms with E-state index in [1.807, 2.05) is 31.2 Å². The van der Waals surface area contributed by atoms with Gasteiger partial charge < -0.3 is 4.84 Å². The second-order valence-corrected chi connectivity index (χ2v) is 3.91. The van der Waals surface area contributed by atoms with E-state index >= 15 is 0 Å². The Kier molecular flexibility index (Phi) is 4.07. The lowest BCUT2D eigenvalue weighted by atomic mass is 10.1. The molecule has 0 aliphatic rings. The SMILES string of the molecule is Cc1ccccc1CO/N=[C]\c1cccc(F)c1. The molecule has 0 amide bonds. The molecule has 0 bridgehead atoms. The molecule has 2 rings (SSSR count). The van der Waals surface area contributed by atoms with E-state index in [0.29, 0.717) is 12.2 Å². The minimum Gasteiger partial charge on any atom is -0.390 e.